The number of carbonyl (C=O) groups is 1. The van der Waals surface area contributed by atoms with Crippen molar-refractivity contribution in [2.24, 2.45) is 0 Å². The van der Waals surface area contributed by atoms with Crippen molar-refractivity contribution >= 4 is 23.4 Å². The van der Waals surface area contributed by atoms with Gasteiger partial charge >= 0.3 is 12.1 Å². The van der Waals surface area contributed by atoms with Crippen molar-refractivity contribution in [3.63, 3.8) is 0 Å². The minimum Gasteiger partial charge on any atom is -0.497 e. The SMILES string of the molecule is COc1ccc(N[C@H]([C@@H](SC(C)(C)C)C(=O)OC(C)(C)C)C(F)(F)F)cc1. The Labute approximate surface area is 163 Å². The van der Waals surface area contributed by atoms with Gasteiger partial charge in [-0.3, -0.25) is 4.79 Å². The van der Waals surface area contributed by atoms with E-state index in [9.17, 15) is 18.0 Å². The monoisotopic (exact) mass is 407 g/mol. The molecule has 1 rings (SSSR count). The Morgan fingerprint density at radius 3 is 1.93 bits per heavy atom. The third-order valence-electron chi connectivity index (χ3n) is 3.19. The third kappa shape index (κ3) is 8.32. The Hall–Kier alpha value is -1.57. The molecule has 0 aromatic heterocycles. The molecule has 0 saturated carbocycles. The average Bonchev–Trinajstić information content (AvgIpc) is 2.47. The molecule has 1 N–H and O–H groups in total. The van der Waals surface area contributed by atoms with Gasteiger partial charge in [-0.05, 0) is 45.0 Å². The van der Waals surface area contributed by atoms with Gasteiger partial charge in [0.05, 0.1) is 7.11 Å². The number of ether oxygens (including phenoxy) is 2. The number of halogens is 3. The molecule has 0 fully saturated rings. The zero-order valence-electron chi connectivity index (χ0n) is 16.7. The van der Waals surface area contributed by atoms with Crippen molar-refractivity contribution in [3.8, 4) is 5.75 Å². The van der Waals surface area contributed by atoms with Crippen LogP contribution < -0.4 is 10.1 Å². The zero-order chi connectivity index (χ0) is 21.0. The first-order valence-electron chi connectivity index (χ1n) is 8.50. The van der Waals surface area contributed by atoms with Crippen LogP contribution in [-0.4, -0.2) is 40.9 Å². The van der Waals surface area contributed by atoms with E-state index in [0.29, 0.717) is 5.75 Å². The molecule has 0 amide bonds. The molecule has 154 valence electrons. The van der Waals surface area contributed by atoms with Gasteiger partial charge in [-0.25, -0.2) is 0 Å². The summed E-state index contributed by atoms with van der Waals surface area (Å²) in [6.45, 7) is 10.2. The van der Waals surface area contributed by atoms with Crippen molar-refractivity contribution in [1.82, 2.24) is 0 Å². The second-order valence-corrected chi connectivity index (χ2v) is 10.0. The van der Waals surface area contributed by atoms with Gasteiger partial charge in [0.25, 0.3) is 0 Å². The van der Waals surface area contributed by atoms with Crippen LogP contribution in [0.5, 0.6) is 5.75 Å². The van der Waals surface area contributed by atoms with Crippen LogP contribution >= 0.6 is 11.8 Å². The number of hydrogen-bond acceptors (Lipinski definition) is 5. The van der Waals surface area contributed by atoms with Crippen molar-refractivity contribution < 1.29 is 27.4 Å². The first-order chi connectivity index (χ1) is 12.1. The summed E-state index contributed by atoms with van der Waals surface area (Å²) < 4.78 is 51.3. The predicted molar refractivity (Wildman–Crippen MR) is 103 cm³/mol. The maximum absolute atomic E-state index is 13.9. The molecule has 27 heavy (non-hydrogen) atoms. The van der Waals surface area contributed by atoms with E-state index in [2.05, 4.69) is 5.32 Å². The predicted octanol–water partition coefficient (Wildman–Crippen LogP) is 5.28. The Balaban J connectivity index is 3.22. The van der Waals surface area contributed by atoms with Gasteiger partial charge in [0, 0.05) is 10.4 Å². The molecule has 0 saturated heterocycles. The fourth-order valence-corrected chi connectivity index (χ4v) is 3.45. The summed E-state index contributed by atoms with van der Waals surface area (Å²) in [5, 5.41) is 0.991. The minimum absolute atomic E-state index is 0.237. The topological polar surface area (TPSA) is 47.6 Å². The highest BCUT2D eigenvalue weighted by atomic mass is 32.2. The smallest absolute Gasteiger partial charge is 0.410 e. The normalized spacial score (nSPS) is 15.0. The fourth-order valence-electron chi connectivity index (χ4n) is 2.19. The van der Waals surface area contributed by atoms with Gasteiger partial charge in [0.2, 0.25) is 0 Å². The number of thioether (sulfide) groups is 1. The molecule has 0 radical (unpaired) electrons. The van der Waals surface area contributed by atoms with E-state index in [4.69, 9.17) is 9.47 Å². The molecule has 0 heterocycles. The minimum atomic E-state index is -4.65. The molecule has 0 bridgehead atoms. The van der Waals surface area contributed by atoms with Crippen LogP contribution in [-0.2, 0) is 9.53 Å². The first kappa shape index (κ1) is 23.5. The molecule has 0 spiro atoms. The molecule has 2 atom stereocenters. The maximum Gasteiger partial charge on any atom is 0.410 e. The molecule has 4 nitrogen and oxygen atoms in total. The number of nitrogens with one attached hydrogen (secondary N) is 1. The van der Waals surface area contributed by atoms with Crippen molar-refractivity contribution in [2.75, 3.05) is 12.4 Å². The molecular weight excluding hydrogens is 379 g/mol. The van der Waals surface area contributed by atoms with Crippen molar-refractivity contribution in [3.05, 3.63) is 24.3 Å². The van der Waals surface area contributed by atoms with Crippen molar-refractivity contribution in [1.29, 1.82) is 0 Å². The number of anilines is 1. The number of hydrogen-bond donors (Lipinski definition) is 1. The summed E-state index contributed by atoms with van der Waals surface area (Å²) in [5.74, 6) is -0.373. The molecule has 0 unspecified atom stereocenters. The lowest BCUT2D eigenvalue weighted by Crippen LogP contribution is -2.50. The van der Waals surface area contributed by atoms with Gasteiger partial charge in [-0.1, -0.05) is 20.8 Å². The summed E-state index contributed by atoms with van der Waals surface area (Å²) in [4.78, 5) is 12.6. The molecule has 0 aliphatic rings. The maximum atomic E-state index is 13.9. The van der Waals surface area contributed by atoms with Crippen LogP contribution in [0.25, 0.3) is 0 Å². The summed E-state index contributed by atoms with van der Waals surface area (Å²) in [5.41, 5.74) is -0.648. The number of benzene rings is 1. The number of carbonyl (C=O) groups excluding carboxylic acids is 1. The molecule has 8 heteroatoms. The number of methoxy groups -OCH3 is 1. The van der Waals surface area contributed by atoms with Gasteiger partial charge in [0.15, 0.2) is 0 Å². The van der Waals surface area contributed by atoms with Crippen LogP contribution in [0.3, 0.4) is 0 Å². The number of esters is 1. The summed E-state index contributed by atoms with van der Waals surface area (Å²) >= 11 is 0.931. The quantitative estimate of drug-likeness (QED) is 0.650. The van der Waals surface area contributed by atoms with Crippen LogP contribution in [0, 0.1) is 0 Å². The van der Waals surface area contributed by atoms with E-state index in [-0.39, 0.29) is 5.69 Å². The van der Waals surface area contributed by atoms with Crippen LogP contribution in [0.2, 0.25) is 0 Å². The molecule has 0 aliphatic carbocycles. The molecule has 0 aliphatic heterocycles. The standard InChI is InChI=1S/C19H28F3NO3S/c1-17(2,3)26-16(24)14(27-18(4,5)6)15(19(20,21)22)23-12-8-10-13(25-7)11-9-12/h8-11,14-15,23H,1-7H3/t14-,15-/m1/s1. The molecule has 1 aromatic carbocycles. The zero-order valence-corrected chi connectivity index (χ0v) is 17.5. The summed E-state index contributed by atoms with van der Waals surface area (Å²) in [6.07, 6.45) is -4.65. The van der Waals surface area contributed by atoms with E-state index in [1.54, 1.807) is 53.7 Å². The average molecular weight is 407 g/mol. The van der Waals surface area contributed by atoms with Gasteiger partial charge < -0.3 is 14.8 Å². The van der Waals surface area contributed by atoms with E-state index >= 15 is 0 Å². The van der Waals surface area contributed by atoms with E-state index in [0.717, 1.165) is 11.8 Å². The Kier molecular flexibility index (Phi) is 7.50. The van der Waals surface area contributed by atoms with E-state index in [1.165, 1.54) is 19.2 Å². The lowest BCUT2D eigenvalue weighted by atomic mass is 10.1. The van der Waals surface area contributed by atoms with Gasteiger partial charge in [-0.2, -0.15) is 13.2 Å². The van der Waals surface area contributed by atoms with Crippen molar-refractivity contribution in [2.45, 2.75) is 69.4 Å². The first-order valence-corrected chi connectivity index (χ1v) is 9.38. The highest BCUT2D eigenvalue weighted by molar-refractivity contribution is 8.01. The highest BCUT2D eigenvalue weighted by Gasteiger charge is 2.50. The lowest BCUT2D eigenvalue weighted by molar-refractivity contribution is -0.167. The highest BCUT2D eigenvalue weighted by Crippen LogP contribution is 2.38. The fraction of sp³-hybridized carbons (Fsp3) is 0.632. The van der Waals surface area contributed by atoms with E-state index in [1.807, 2.05) is 0 Å². The van der Waals surface area contributed by atoms with Gasteiger partial charge in [0.1, 0.15) is 22.6 Å². The lowest BCUT2D eigenvalue weighted by Gasteiger charge is -2.34. The van der Waals surface area contributed by atoms with E-state index < -0.39 is 33.8 Å². The van der Waals surface area contributed by atoms with Crippen LogP contribution in [0.15, 0.2) is 24.3 Å². The Morgan fingerprint density at radius 2 is 1.56 bits per heavy atom. The summed E-state index contributed by atoms with van der Waals surface area (Å²) in [7, 11) is 1.47. The Bertz CT molecular complexity index is 619. The third-order valence-corrected chi connectivity index (χ3v) is 4.61. The van der Waals surface area contributed by atoms with Crippen LogP contribution in [0.1, 0.15) is 41.5 Å². The second kappa shape index (κ2) is 8.63. The van der Waals surface area contributed by atoms with Crippen LogP contribution in [0.4, 0.5) is 18.9 Å². The van der Waals surface area contributed by atoms with Gasteiger partial charge in [-0.15, -0.1) is 11.8 Å². The number of rotatable bonds is 6. The number of alkyl halides is 3. The second-order valence-electron chi connectivity index (χ2n) is 8.08. The Morgan fingerprint density at radius 1 is 1.04 bits per heavy atom. The largest absolute Gasteiger partial charge is 0.497 e. The summed E-state index contributed by atoms with van der Waals surface area (Å²) in [6, 6.07) is 3.95. The molecular formula is C19H28F3NO3S. The molecule has 1 aromatic rings.